The average molecular weight is 270 g/mol. The van der Waals surface area contributed by atoms with E-state index in [1.165, 1.54) is 0 Å². The molecule has 1 unspecified atom stereocenters. The third kappa shape index (κ3) is 4.96. The number of aliphatic hydroxyl groups excluding tert-OH is 1. The standard InChI is InChI=1S/C14H22O5/c1-10(2)18-8-11(15)9-19-14-12(16-3)6-5-7-13(14)17-4/h5-7,10-11,15H,8-9H2,1-4H3. The minimum absolute atomic E-state index is 0.0791. The van der Waals surface area contributed by atoms with Crippen LogP contribution < -0.4 is 14.2 Å². The van der Waals surface area contributed by atoms with E-state index >= 15 is 0 Å². The molecule has 0 heterocycles. The maximum atomic E-state index is 9.75. The molecule has 0 saturated carbocycles. The van der Waals surface area contributed by atoms with E-state index in [0.29, 0.717) is 17.2 Å². The third-order valence-electron chi connectivity index (χ3n) is 2.42. The van der Waals surface area contributed by atoms with Crippen LogP contribution in [-0.2, 0) is 4.74 Å². The van der Waals surface area contributed by atoms with Crippen LogP contribution in [0, 0.1) is 0 Å². The largest absolute Gasteiger partial charge is 0.493 e. The molecular formula is C14H22O5. The normalized spacial score (nSPS) is 12.3. The van der Waals surface area contributed by atoms with E-state index in [9.17, 15) is 5.11 Å². The first kappa shape index (κ1) is 15.6. The first-order valence-corrected chi connectivity index (χ1v) is 6.22. The lowest BCUT2D eigenvalue weighted by atomic mass is 10.3. The van der Waals surface area contributed by atoms with Gasteiger partial charge in [-0.15, -0.1) is 0 Å². The van der Waals surface area contributed by atoms with Gasteiger partial charge in [0.25, 0.3) is 0 Å². The van der Waals surface area contributed by atoms with Crippen molar-refractivity contribution < 1.29 is 24.1 Å². The second-order valence-corrected chi connectivity index (χ2v) is 4.34. The summed E-state index contributed by atoms with van der Waals surface area (Å²) in [5.74, 6) is 1.61. The molecule has 0 amide bonds. The lowest BCUT2D eigenvalue weighted by molar-refractivity contribution is -0.0129. The predicted octanol–water partition coefficient (Wildman–Crippen LogP) is 1.87. The summed E-state index contributed by atoms with van der Waals surface area (Å²) < 4.78 is 21.3. The van der Waals surface area contributed by atoms with Crippen molar-refractivity contribution in [2.45, 2.75) is 26.1 Å². The zero-order chi connectivity index (χ0) is 14.3. The fourth-order valence-corrected chi connectivity index (χ4v) is 1.49. The van der Waals surface area contributed by atoms with E-state index < -0.39 is 6.10 Å². The highest BCUT2D eigenvalue weighted by Crippen LogP contribution is 2.36. The number of hydrogen-bond donors (Lipinski definition) is 1. The van der Waals surface area contributed by atoms with E-state index in [1.54, 1.807) is 26.4 Å². The molecule has 1 rings (SSSR count). The lowest BCUT2D eigenvalue weighted by Gasteiger charge is -2.17. The van der Waals surface area contributed by atoms with Crippen molar-refractivity contribution >= 4 is 0 Å². The second kappa shape index (κ2) is 7.86. The van der Waals surface area contributed by atoms with Crippen molar-refractivity contribution in [3.05, 3.63) is 18.2 Å². The van der Waals surface area contributed by atoms with Crippen LogP contribution in [0.1, 0.15) is 13.8 Å². The monoisotopic (exact) mass is 270 g/mol. The van der Waals surface area contributed by atoms with Gasteiger partial charge in [-0.2, -0.15) is 0 Å². The zero-order valence-corrected chi connectivity index (χ0v) is 11.9. The molecule has 0 bridgehead atoms. The van der Waals surface area contributed by atoms with Crippen LogP contribution >= 0.6 is 0 Å². The van der Waals surface area contributed by atoms with Crippen molar-refractivity contribution in [1.29, 1.82) is 0 Å². The molecule has 0 radical (unpaired) electrons. The van der Waals surface area contributed by atoms with Gasteiger partial charge in [-0.05, 0) is 26.0 Å². The number of rotatable bonds is 8. The predicted molar refractivity (Wildman–Crippen MR) is 72.1 cm³/mol. The maximum Gasteiger partial charge on any atom is 0.203 e. The average Bonchev–Trinajstić information content (AvgIpc) is 2.42. The third-order valence-corrected chi connectivity index (χ3v) is 2.42. The summed E-state index contributed by atoms with van der Waals surface area (Å²) in [5.41, 5.74) is 0. The number of aliphatic hydroxyl groups is 1. The van der Waals surface area contributed by atoms with Crippen molar-refractivity contribution in [1.82, 2.24) is 0 Å². The molecular weight excluding hydrogens is 248 g/mol. The summed E-state index contributed by atoms with van der Waals surface area (Å²) in [6, 6.07) is 5.35. The molecule has 1 aromatic carbocycles. The first-order valence-electron chi connectivity index (χ1n) is 6.22. The molecule has 5 nitrogen and oxygen atoms in total. The van der Waals surface area contributed by atoms with Crippen LogP contribution in [0.2, 0.25) is 0 Å². The Hall–Kier alpha value is -1.46. The molecule has 0 aliphatic heterocycles. The SMILES string of the molecule is COc1cccc(OC)c1OCC(O)COC(C)C. The van der Waals surface area contributed by atoms with Gasteiger partial charge < -0.3 is 24.1 Å². The van der Waals surface area contributed by atoms with E-state index in [0.717, 1.165) is 0 Å². The van der Waals surface area contributed by atoms with Gasteiger partial charge in [0.15, 0.2) is 11.5 Å². The van der Waals surface area contributed by atoms with E-state index in [2.05, 4.69) is 0 Å². The molecule has 0 fully saturated rings. The van der Waals surface area contributed by atoms with Crippen LogP contribution in [0.5, 0.6) is 17.2 Å². The van der Waals surface area contributed by atoms with Gasteiger partial charge in [-0.1, -0.05) is 6.07 Å². The van der Waals surface area contributed by atoms with Crippen LogP contribution in [0.4, 0.5) is 0 Å². The number of hydrogen-bond acceptors (Lipinski definition) is 5. The molecule has 108 valence electrons. The molecule has 0 saturated heterocycles. The molecule has 1 N–H and O–H groups in total. The Balaban J connectivity index is 2.61. The minimum Gasteiger partial charge on any atom is -0.493 e. The molecule has 0 aliphatic carbocycles. The second-order valence-electron chi connectivity index (χ2n) is 4.34. The van der Waals surface area contributed by atoms with Gasteiger partial charge in [-0.25, -0.2) is 0 Å². The highest BCUT2D eigenvalue weighted by molar-refractivity contribution is 5.51. The van der Waals surface area contributed by atoms with Gasteiger partial charge in [0.1, 0.15) is 12.7 Å². The molecule has 1 aromatic rings. The van der Waals surface area contributed by atoms with Crippen molar-refractivity contribution in [2.24, 2.45) is 0 Å². The molecule has 1 atom stereocenters. The highest BCUT2D eigenvalue weighted by atomic mass is 16.5. The van der Waals surface area contributed by atoms with Gasteiger partial charge >= 0.3 is 0 Å². The van der Waals surface area contributed by atoms with Gasteiger partial charge in [-0.3, -0.25) is 0 Å². The van der Waals surface area contributed by atoms with Crippen molar-refractivity contribution in [2.75, 3.05) is 27.4 Å². The van der Waals surface area contributed by atoms with Crippen LogP contribution in [0.15, 0.2) is 18.2 Å². The topological polar surface area (TPSA) is 57.2 Å². The number of ether oxygens (including phenoxy) is 4. The van der Waals surface area contributed by atoms with E-state index in [-0.39, 0.29) is 19.3 Å². The Morgan fingerprint density at radius 2 is 1.63 bits per heavy atom. The summed E-state index contributed by atoms with van der Waals surface area (Å²) >= 11 is 0. The quantitative estimate of drug-likeness (QED) is 0.781. The van der Waals surface area contributed by atoms with Crippen LogP contribution in [-0.4, -0.2) is 44.7 Å². The Bertz CT molecular complexity index is 356. The minimum atomic E-state index is -0.697. The molecule has 19 heavy (non-hydrogen) atoms. The van der Waals surface area contributed by atoms with Crippen molar-refractivity contribution in [3.8, 4) is 17.2 Å². The summed E-state index contributed by atoms with van der Waals surface area (Å²) in [7, 11) is 3.11. The van der Waals surface area contributed by atoms with Crippen LogP contribution in [0.25, 0.3) is 0 Å². The number of benzene rings is 1. The fraction of sp³-hybridized carbons (Fsp3) is 0.571. The smallest absolute Gasteiger partial charge is 0.203 e. The lowest BCUT2D eigenvalue weighted by Crippen LogP contribution is -2.25. The Kier molecular flexibility index (Phi) is 6.45. The molecule has 0 aromatic heterocycles. The van der Waals surface area contributed by atoms with Gasteiger partial charge in [0.2, 0.25) is 5.75 Å². The highest BCUT2D eigenvalue weighted by Gasteiger charge is 2.14. The maximum absolute atomic E-state index is 9.75. The number of para-hydroxylation sites is 1. The summed E-state index contributed by atoms with van der Waals surface area (Å²) in [6.07, 6.45) is -0.618. The molecule has 0 aliphatic rings. The molecule has 5 heteroatoms. The summed E-state index contributed by atoms with van der Waals surface area (Å²) in [5, 5.41) is 9.75. The zero-order valence-electron chi connectivity index (χ0n) is 11.9. The summed E-state index contributed by atoms with van der Waals surface area (Å²) in [6.45, 7) is 4.17. The van der Waals surface area contributed by atoms with Crippen LogP contribution in [0.3, 0.4) is 0 Å². The number of methoxy groups -OCH3 is 2. The fourth-order valence-electron chi connectivity index (χ4n) is 1.49. The Labute approximate surface area is 114 Å². The molecule has 0 spiro atoms. The van der Waals surface area contributed by atoms with Gasteiger partial charge in [0.05, 0.1) is 26.9 Å². The Morgan fingerprint density at radius 3 is 2.11 bits per heavy atom. The summed E-state index contributed by atoms with van der Waals surface area (Å²) in [4.78, 5) is 0. The first-order chi connectivity index (χ1) is 9.08. The Morgan fingerprint density at radius 1 is 1.05 bits per heavy atom. The van der Waals surface area contributed by atoms with E-state index in [4.69, 9.17) is 18.9 Å². The van der Waals surface area contributed by atoms with E-state index in [1.807, 2.05) is 19.9 Å². The van der Waals surface area contributed by atoms with Gasteiger partial charge in [0, 0.05) is 0 Å². The van der Waals surface area contributed by atoms with Crippen molar-refractivity contribution in [3.63, 3.8) is 0 Å².